The van der Waals surface area contributed by atoms with Crippen LogP contribution in [0.1, 0.15) is 51.5 Å². The van der Waals surface area contributed by atoms with Crippen molar-refractivity contribution >= 4 is 0 Å². The first-order valence-electron chi connectivity index (χ1n) is 10.5. The molecule has 0 aromatic heterocycles. The minimum absolute atomic E-state index is 0.658. The quantitative estimate of drug-likeness (QED) is 0.813. The summed E-state index contributed by atoms with van der Waals surface area (Å²) in [5.41, 5.74) is 1.44. The van der Waals surface area contributed by atoms with Crippen molar-refractivity contribution in [1.29, 1.82) is 0 Å². The summed E-state index contributed by atoms with van der Waals surface area (Å²) < 4.78 is 0. The highest BCUT2D eigenvalue weighted by atomic mass is 15.2. The molecule has 25 heavy (non-hydrogen) atoms. The Labute approximate surface area is 154 Å². The molecule has 2 heterocycles. The van der Waals surface area contributed by atoms with Crippen LogP contribution in [-0.2, 0) is 6.54 Å². The Hall–Kier alpha value is -0.900. The van der Waals surface area contributed by atoms with Crippen LogP contribution >= 0.6 is 0 Å². The molecule has 140 valence electrons. The van der Waals surface area contributed by atoms with Crippen LogP contribution in [0.15, 0.2) is 30.3 Å². The van der Waals surface area contributed by atoms with Crippen molar-refractivity contribution in [3.63, 3.8) is 0 Å². The van der Waals surface area contributed by atoms with Gasteiger partial charge in [0.05, 0.1) is 0 Å². The Morgan fingerprint density at radius 2 is 1.80 bits per heavy atom. The average molecular weight is 344 g/mol. The lowest BCUT2D eigenvalue weighted by Crippen LogP contribution is -2.50. The Kier molecular flexibility index (Phi) is 7.33. The van der Waals surface area contributed by atoms with Crippen molar-refractivity contribution in [2.75, 3.05) is 32.7 Å². The molecule has 2 saturated heterocycles. The van der Waals surface area contributed by atoms with E-state index < -0.39 is 0 Å². The summed E-state index contributed by atoms with van der Waals surface area (Å²) in [4.78, 5) is 5.29. The third-order valence-corrected chi connectivity index (χ3v) is 6.12. The maximum Gasteiger partial charge on any atom is 0.0233 e. The van der Waals surface area contributed by atoms with Gasteiger partial charge >= 0.3 is 0 Å². The zero-order valence-electron chi connectivity index (χ0n) is 16.3. The van der Waals surface area contributed by atoms with Crippen LogP contribution in [0.25, 0.3) is 0 Å². The topological polar surface area (TPSA) is 18.5 Å². The van der Waals surface area contributed by atoms with E-state index in [0.29, 0.717) is 12.1 Å². The molecule has 1 aromatic rings. The summed E-state index contributed by atoms with van der Waals surface area (Å²) in [5.74, 6) is 0.836. The van der Waals surface area contributed by atoms with Gasteiger partial charge in [-0.05, 0) is 76.7 Å². The van der Waals surface area contributed by atoms with Crippen molar-refractivity contribution in [1.82, 2.24) is 15.1 Å². The molecule has 0 amide bonds. The van der Waals surface area contributed by atoms with Gasteiger partial charge in [0.1, 0.15) is 0 Å². The van der Waals surface area contributed by atoms with Gasteiger partial charge in [0.25, 0.3) is 0 Å². The lowest BCUT2D eigenvalue weighted by atomic mass is 9.90. The van der Waals surface area contributed by atoms with Crippen LogP contribution < -0.4 is 5.32 Å². The normalized spacial score (nSPS) is 25.1. The Bertz CT molecular complexity index is 479. The highest BCUT2D eigenvalue weighted by Crippen LogP contribution is 2.22. The number of benzene rings is 1. The standard InChI is InChI=1S/C22H37N3/c1-3-13-24-14-7-10-21(18-24)19(2)23-22-11-15-25(16-12-22)17-20-8-5-4-6-9-20/h4-6,8-9,19,21-23H,3,7,10-18H2,1-2H3. The van der Waals surface area contributed by atoms with Gasteiger partial charge < -0.3 is 10.2 Å². The van der Waals surface area contributed by atoms with Crippen molar-refractivity contribution in [2.45, 2.75) is 64.6 Å². The molecule has 2 aliphatic rings. The maximum atomic E-state index is 3.98. The van der Waals surface area contributed by atoms with Crippen LogP contribution in [0, 0.1) is 5.92 Å². The Morgan fingerprint density at radius 3 is 2.52 bits per heavy atom. The second-order valence-electron chi connectivity index (χ2n) is 8.19. The number of hydrogen-bond donors (Lipinski definition) is 1. The zero-order chi connectivity index (χ0) is 17.5. The molecule has 3 rings (SSSR count). The summed E-state index contributed by atoms with van der Waals surface area (Å²) in [7, 11) is 0. The van der Waals surface area contributed by atoms with Gasteiger partial charge in [-0.3, -0.25) is 4.90 Å². The third-order valence-electron chi connectivity index (χ3n) is 6.12. The molecule has 2 aliphatic heterocycles. The molecule has 2 atom stereocenters. The molecule has 0 bridgehead atoms. The molecule has 2 unspecified atom stereocenters. The highest BCUT2D eigenvalue weighted by Gasteiger charge is 2.27. The second kappa shape index (κ2) is 9.70. The van der Waals surface area contributed by atoms with Gasteiger partial charge in [0.15, 0.2) is 0 Å². The van der Waals surface area contributed by atoms with Crippen LogP contribution in [-0.4, -0.2) is 54.6 Å². The van der Waals surface area contributed by atoms with Crippen LogP contribution in [0.5, 0.6) is 0 Å². The predicted octanol–water partition coefficient (Wildman–Crippen LogP) is 3.75. The zero-order valence-corrected chi connectivity index (χ0v) is 16.3. The smallest absolute Gasteiger partial charge is 0.0233 e. The molecule has 0 aliphatic carbocycles. The number of hydrogen-bond acceptors (Lipinski definition) is 3. The van der Waals surface area contributed by atoms with Gasteiger partial charge in [-0.15, -0.1) is 0 Å². The molecule has 3 nitrogen and oxygen atoms in total. The Morgan fingerprint density at radius 1 is 1.04 bits per heavy atom. The first kappa shape index (κ1) is 18.9. The SMILES string of the molecule is CCCN1CCCC(C(C)NC2CCN(Cc3ccccc3)CC2)C1. The fourth-order valence-corrected chi connectivity index (χ4v) is 4.63. The van der Waals surface area contributed by atoms with Gasteiger partial charge in [-0.2, -0.15) is 0 Å². The van der Waals surface area contributed by atoms with Crippen molar-refractivity contribution < 1.29 is 0 Å². The monoisotopic (exact) mass is 343 g/mol. The molecular formula is C22H37N3. The molecule has 0 saturated carbocycles. The largest absolute Gasteiger partial charge is 0.311 e. The Balaban J connectivity index is 1.39. The van der Waals surface area contributed by atoms with Crippen LogP contribution in [0.3, 0.4) is 0 Å². The maximum absolute atomic E-state index is 3.98. The fraction of sp³-hybridized carbons (Fsp3) is 0.727. The van der Waals surface area contributed by atoms with Gasteiger partial charge in [-0.1, -0.05) is 37.3 Å². The van der Waals surface area contributed by atoms with Crippen molar-refractivity contribution in [2.24, 2.45) is 5.92 Å². The molecule has 0 radical (unpaired) electrons. The van der Waals surface area contributed by atoms with Crippen LogP contribution in [0.4, 0.5) is 0 Å². The number of likely N-dealkylation sites (tertiary alicyclic amines) is 2. The highest BCUT2D eigenvalue weighted by molar-refractivity contribution is 5.14. The number of nitrogens with one attached hydrogen (secondary N) is 1. The van der Waals surface area contributed by atoms with E-state index in [2.05, 4.69) is 59.3 Å². The number of rotatable bonds is 7. The van der Waals surface area contributed by atoms with Gasteiger partial charge in [0.2, 0.25) is 0 Å². The molecule has 3 heteroatoms. The molecule has 0 spiro atoms. The minimum Gasteiger partial charge on any atom is -0.311 e. The minimum atomic E-state index is 0.658. The molecule has 1 aromatic carbocycles. The number of piperidine rings is 2. The summed E-state index contributed by atoms with van der Waals surface area (Å²) >= 11 is 0. The van der Waals surface area contributed by atoms with E-state index in [1.54, 1.807) is 0 Å². The molecular weight excluding hydrogens is 306 g/mol. The predicted molar refractivity (Wildman–Crippen MR) is 107 cm³/mol. The summed E-state index contributed by atoms with van der Waals surface area (Å²) in [6, 6.07) is 12.3. The lowest BCUT2D eigenvalue weighted by molar-refractivity contribution is 0.132. The van der Waals surface area contributed by atoms with E-state index in [4.69, 9.17) is 0 Å². The van der Waals surface area contributed by atoms with Gasteiger partial charge in [-0.25, -0.2) is 0 Å². The summed E-state index contributed by atoms with van der Waals surface area (Å²) in [6.07, 6.45) is 6.66. The second-order valence-corrected chi connectivity index (χ2v) is 8.19. The van der Waals surface area contributed by atoms with E-state index >= 15 is 0 Å². The third kappa shape index (κ3) is 5.80. The van der Waals surface area contributed by atoms with E-state index in [1.807, 2.05) is 0 Å². The fourth-order valence-electron chi connectivity index (χ4n) is 4.63. The first-order valence-corrected chi connectivity index (χ1v) is 10.5. The summed E-state index contributed by atoms with van der Waals surface area (Å²) in [5, 5.41) is 3.98. The van der Waals surface area contributed by atoms with Gasteiger partial charge in [0, 0.05) is 25.2 Å². The van der Waals surface area contributed by atoms with Crippen molar-refractivity contribution in [3.05, 3.63) is 35.9 Å². The first-order chi connectivity index (χ1) is 12.2. The molecule has 2 fully saturated rings. The van der Waals surface area contributed by atoms with E-state index in [1.165, 1.54) is 70.4 Å². The van der Waals surface area contributed by atoms with Crippen LogP contribution in [0.2, 0.25) is 0 Å². The lowest BCUT2D eigenvalue weighted by Gasteiger charge is -2.39. The average Bonchev–Trinajstić information content (AvgIpc) is 2.65. The summed E-state index contributed by atoms with van der Waals surface area (Å²) in [6.45, 7) is 12.2. The van der Waals surface area contributed by atoms with E-state index in [0.717, 1.165) is 12.5 Å². The van der Waals surface area contributed by atoms with E-state index in [9.17, 15) is 0 Å². The van der Waals surface area contributed by atoms with Crippen molar-refractivity contribution in [3.8, 4) is 0 Å². The van der Waals surface area contributed by atoms with E-state index in [-0.39, 0.29) is 0 Å². The molecule has 1 N–H and O–H groups in total. The number of nitrogens with zero attached hydrogens (tertiary/aromatic N) is 2.